The molecule has 0 saturated heterocycles. The van der Waals surface area contributed by atoms with Crippen LogP contribution < -0.4 is 0 Å². The van der Waals surface area contributed by atoms with Crippen LogP contribution in [0.3, 0.4) is 0 Å². The molecular formula is C13H11N3O2S. The number of hydrogen-bond acceptors (Lipinski definition) is 4. The molecule has 0 bridgehead atoms. The fourth-order valence-corrected chi connectivity index (χ4v) is 2.85. The first-order chi connectivity index (χ1) is 9.15. The third-order valence-corrected chi connectivity index (χ3v) is 3.75. The number of carbonyl (C=O) groups is 1. The van der Waals surface area contributed by atoms with Crippen LogP contribution in [0.25, 0.3) is 21.9 Å². The molecule has 19 heavy (non-hydrogen) atoms. The average Bonchev–Trinajstić information content (AvgIpc) is 2.94. The topological polar surface area (TPSA) is 68.0 Å². The highest BCUT2D eigenvalue weighted by Crippen LogP contribution is 2.29. The summed E-state index contributed by atoms with van der Waals surface area (Å²) in [6.45, 7) is 1.87. The van der Waals surface area contributed by atoms with Crippen molar-refractivity contribution < 1.29 is 9.90 Å². The van der Waals surface area contributed by atoms with Crippen LogP contribution in [0, 0.1) is 6.92 Å². The van der Waals surface area contributed by atoms with Gasteiger partial charge in [-0.15, -0.1) is 11.3 Å². The molecule has 0 spiro atoms. The van der Waals surface area contributed by atoms with Gasteiger partial charge in [-0.3, -0.25) is 9.36 Å². The fourth-order valence-electron chi connectivity index (χ4n) is 1.99. The number of pyridine rings is 1. The predicted molar refractivity (Wildman–Crippen MR) is 73.2 cm³/mol. The van der Waals surface area contributed by atoms with E-state index in [-0.39, 0.29) is 6.54 Å². The van der Waals surface area contributed by atoms with E-state index in [9.17, 15) is 4.79 Å². The molecule has 1 N–H and O–H groups in total. The molecule has 3 rings (SSSR count). The highest BCUT2D eigenvalue weighted by Gasteiger charge is 2.16. The van der Waals surface area contributed by atoms with Gasteiger partial charge < -0.3 is 5.11 Å². The second-order valence-electron chi connectivity index (χ2n) is 4.17. The fraction of sp³-hybridized carbons (Fsp3) is 0.154. The molecule has 5 nitrogen and oxygen atoms in total. The smallest absolute Gasteiger partial charge is 0.323 e. The Morgan fingerprint density at radius 3 is 2.95 bits per heavy atom. The van der Waals surface area contributed by atoms with E-state index in [4.69, 9.17) is 5.11 Å². The number of hydrogen-bond donors (Lipinski definition) is 1. The van der Waals surface area contributed by atoms with Gasteiger partial charge in [0.25, 0.3) is 0 Å². The Balaban J connectivity index is 2.25. The third-order valence-electron chi connectivity index (χ3n) is 2.76. The lowest BCUT2D eigenvalue weighted by Gasteiger charge is -2.03. The summed E-state index contributed by atoms with van der Waals surface area (Å²) in [6.07, 6.45) is 1.64. The Kier molecular flexibility index (Phi) is 2.79. The van der Waals surface area contributed by atoms with Crippen LogP contribution in [0.15, 0.2) is 30.5 Å². The van der Waals surface area contributed by atoms with E-state index in [1.165, 1.54) is 0 Å². The van der Waals surface area contributed by atoms with Gasteiger partial charge in [-0.05, 0) is 31.2 Å². The standard InChI is InChI=1S/C13H11N3O2S/c1-8-4-5-10(19-8)13-15-9-3-2-6-14-12(9)16(13)7-11(17)18/h2-6H,7H2,1H3,(H,17,18). The highest BCUT2D eigenvalue weighted by atomic mass is 32.1. The van der Waals surface area contributed by atoms with E-state index >= 15 is 0 Å². The minimum Gasteiger partial charge on any atom is -0.480 e. The lowest BCUT2D eigenvalue weighted by molar-refractivity contribution is -0.137. The molecule has 6 heteroatoms. The zero-order valence-electron chi connectivity index (χ0n) is 10.2. The largest absolute Gasteiger partial charge is 0.480 e. The van der Waals surface area contributed by atoms with Gasteiger partial charge in [-0.25, -0.2) is 9.97 Å². The Hall–Kier alpha value is -2.21. The molecule has 96 valence electrons. The van der Waals surface area contributed by atoms with Crippen LogP contribution in [-0.4, -0.2) is 25.6 Å². The first-order valence-corrected chi connectivity index (χ1v) is 6.56. The maximum absolute atomic E-state index is 11.0. The van der Waals surface area contributed by atoms with Gasteiger partial charge in [-0.2, -0.15) is 0 Å². The van der Waals surface area contributed by atoms with Gasteiger partial charge >= 0.3 is 5.97 Å². The first kappa shape index (κ1) is 11.9. The van der Waals surface area contributed by atoms with Crippen LogP contribution >= 0.6 is 11.3 Å². The summed E-state index contributed by atoms with van der Waals surface area (Å²) in [4.78, 5) is 21.9. The number of aryl methyl sites for hydroxylation is 1. The molecule has 0 radical (unpaired) electrons. The van der Waals surface area contributed by atoms with E-state index in [1.807, 2.05) is 25.1 Å². The first-order valence-electron chi connectivity index (χ1n) is 5.75. The maximum Gasteiger partial charge on any atom is 0.323 e. The van der Waals surface area contributed by atoms with Gasteiger partial charge in [0.2, 0.25) is 0 Å². The van der Waals surface area contributed by atoms with Crippen molar-refractivity contribution in [3.63, 3.8) is 0 Å². The van der Waals surface area contributed by atoms with E-state index in [0.717, 1.165) is 9.75 Å². The number of nitrogens with zero attached hydrogens (tertiary/aromatic N) is 3. The van der Waals surface area contributed by atoms with E-state index < -0.39 is 5.97 Å². The number of aromatic nitrogens is 3. The molecule has 0 saturated carbocycles. The Morgan fingerprint density at radius 2 is 2.26 bits per heavy atom. The maximum atomic E-state index is 11.0. The van der Waals surface area contributed by atoms with Crippen LogP contribution in [0.4, 0.5) is 0 Å². The number of fused-ring (bicyclic) bond motifs is 1. The minimum absolute atomic E-state index is 0.139. The van der Waals surface area contributed by atoms with Crippen molar-refractivity contribution in [1.29, 1.82) is 0 Å². The van der Waals surface area contributed by atoms with Crippen molar-refractivity contribution in [2.75, 3.05) is 0 Å². The number of thiophene rings is 1. The predicted octanol–water partition coefficient (Wildman–Crippen LogP) is 2.55. The Bertz CT molecular complexity index is 760. The molecule has 0 aliphatic heterocycles. The Labute approximate surface area is 113 Å². The second-order valence-corrected chi connectivity index (χ2v) is 5.46. The molecule has 0 aliphatic carbocycles. The zero-order chi connectivity index (χ0) is 13.4. The minimum atomic E-state index is -0.903. The molecule has 0 fully saturated rings. The van der Waals surface area contributed by atoms with Crippen molar-refractivity contribution in [2.24, 2.45) is 0 Å². The number of aliphatic carboxylic acids is 1. The van der Waals surface area contributed by atoms with Crippen LogP contribution in [-0.2, 0) is 11.3 Å². The van der Waals surface area contributed by atoms with Gasteiger partial charge in [0.05, 0.1) is 4.88 Å². The lowest BCUT2D eigenvalue weighted by atomic mass is 10.4. The molecule has 0 atom stereocenters. The van der Waals surface area contributed by atoms with Crippen LogP contribution in [0.1, 0.15) is 4.88 Å². The van der Waals surface area contributed by atoms with Crippen LogP contribution in [0.2, 0.25) is 0 Å². The molecule has 0 unspecified atom stereocenters. The SMILES string of the molecule is Cc1ccc(-c2nc3cccnc3n2CC(=O)O)s1. The molecule has 3 aromatic rings. The summed E-state index contributed by atoms with van der Waals surface area (Å²) in [5.41, 5.74) is 1.32. The van der Waals surface area contributed by atoms with E-state index in [2.05, 4.69) is 9.97 Å². The highest BCUT2D eigenvalue weighted by molar-refractivity contribution is 7.15. The van der Waals surface area contributed by atoms with Crippen LogP contribution in [0.5, 0.6) is 0 Å². The van der Waals surface area contributed by atoms with Crippen molar-refractivity contribution in [3.8, 4) is 10.7 Å². The number of imidazole rings is 1. The summed E-state index contributed by atoms with van der Waals surface area (Å²) >= 11 is 1.59. The molecule has 0 aromatic carbocycles. The van der Waals surface area contributed by atoms with Gasteiger partial charge in [0.1, 0.15) is 12.1 Å². The summed E-state index contributed by atoms with van der Waals surface area (Å²) in [7, 11) is 0. The van der Waals surface area contributed by atoms with Crippen molar-refractivity contribution >= 4 is 28.5 Å². The number of carboxylic acid groups (broad SMARTS) is 1. The Morgan fingerprint density at radius 1 is 1.42 bits per heavy atom. The molecular weight excluding hydrogens is 262 g/mol. The van der Waals surface area contributed by atoms with Crippen molar-refractivity contribution in [2.45, 2.75) is 13.5 Å². The van der Waals surface area contributed by atoms with E-state index in [0.29, 0.717) is 17.0 Å². The second kappa shape index (κ2) is 4.47. The lowest BCUT2D eigenvalue weighted by Crippen LogP contribution is -2.10. The van der Waals surface area contributed by atoms with E-state index in [1.54, 1.807) is 28.2 Å². The van der Waals surface area contributed by atoms with Gasteiger partial charge in [0.15, 0.2) is 11.5 Å². The molecule has 3 aromatic heterocycles. The summed E-state index contributed by atoms with van der Waals surface area (Å²) in [6, 6.07) is 7.59. The number of carboxylic acids is 1. The summed E-state index contributed by atoms with van der Waals surface area (Å²) in [5.74, 6) is -0.242. The molecule has 3 heterocycles. The van der Waals surface area contributed by atoms with Crippen molar-refractivity contribution in [1.82, 2.24) is 14.5 Å². The molecule has 0 aliphatic rings. The monoisotopic (exact) mass is 273 g/mol. The summed E-state index contributed by atoms with van der Waals surface area (Å²) < 4.78 is 1.64. The van der Waals surface area contributed by atoms with Gasteiger partial charge in [-0.1, -0.05) is 0 Å². The zero-order valence-corrected chi connectivity index (χ0v) is 11.0. The van der Waals surface area contributed by atoms with Gasteiger partial charge in [0, 0.05) is 11.1 Å². The molecule has 0 amide bonds. The third kappa shape index (κ3) is 2.10. The normalized spacial score (nSPS) is 11.0. The summed E-state index contributed by atoms with van der Waals surface area (Å²) in [5, 5.41) is 9.05. The quantitative estimate of drug-likeness (QED) is 0.796. The average molecular weight is 273 g/mol. The number of rotatable bonds is 3. The van der Waals surface area contributed by atoms with Crippen molar-refractivity contribution in [3.05, 3.63) is 35.3 Å².